The molecular weight excluding hydrogens is 234 g/mol. The van der Waals surface area contributed by atoms with Crippen molar-refractivity contribution in [2.24, 2.45) is 0 Å². The summed E-state index contributed by atoms with van der Waals surface area (Å²) < 4.78 is 10.6. The van der Waals surface area contributed by atoms with Crippen molar-refractivity contribution in [3.05, 3.63) is 23.8 Å². The molecular formula is C13H21NO2S. The smallest absolute Gasteiger partial charge is 0.122 e. The molecule has 0 aromatic heterocycles. The molecule has 0 saturated carbocycles. The summed E-state index contributed by atoms with van der Waals surface area (Å²) in [6.07, 6.45) is 2.11. The molecule has 4 heteroatoms. The molecule has 0 heterocycles. The highest BCUT2D eigenvalue weighted by atomic mass is 32.2. The minimum absolute atomic E-state index is 0.332. The lowest BCUT2D eigenvalue weighted by Crippen LogP contribution is -2.22. The average molecular weight is 255 g/mol. The highest BCUT2D eigenvalue weighted by Gasteiger charge is 2.12. The van der Waals surface area contributed by atoms with Gasteiger partial charge in [-0.3, -0.25) is 0 Å². The lowest BCUT2D eigenvalue weighted by atomic mass is 10.1. The standard InChI is InChI=1S/C13H21NO2S/c1-5-14-13(9-17-4)10-6-11(15-2)8-12(7-10)16-3/h6-8,13-14H,5,9H2,1-4H3. The van der Waals surface area contributed by atoms with E-state index in [4.69, 9.17) is 9.47 Å². The Bertz CT molecular complexity index is 316. The van der Waals surface area contributed by atoms with Crippen molar-refractivity contribution in [2.75, 3.05) is 32.8 Å². The summed E-state index contributed by atoms with van der Waals surface area (Å²) in [5, 5.41) is 3.47. The van der Waals surface area contributed by atoms with Crippen LogP contribution in [-0.4, -0.2) is 32.8 Å². The number of nitrogens with one attached hydrogen (secondary N) is 1. The van der Waals surface area contributed by atoms with Gasteiger partial charge in [0.15, 0.2) is 0 Å². The van der Waals surface area contributed by atoms with Gasteiger partial charge < -0.3 is 14.8 Å². The van der Waals surface area contributed by atoms with E-state index >= 15 is 0 Å². The van der Waals surface area contributed by atoms with Gasteiger partial charge in [-0.05, 0) is 30.5 Å². The van der Waals surface area contributed by atoms with E-state index in [9.17, 15) is 0 Å². The molecule has 3 nitrogen and oxygen atoms in total. The Morgan fingerprint density at radius 2 is 1.76 bits per heavy atom. The Hall–Kier alpha value is -0.870. The fourth-order valence-corrected chi connectivity index (χ4v) is 2.36. The van der Waals surface area contributed by atoms with Crippen LogP contribution in [0.3, 0.4) is 0 Å². The first-order chi connectivity index (χ1) is 8.24. The van der Waals surface area contributed by atoms with Gasteiger partial charge in [0.25, 0.3) is 0 Å². The molecule has 1 unspecified atom stereocenters. The van der Waals surface area contributed by atoms with Crippen LogP contribution in [-0.2, 0) is 0 Å². The molecule has 0 fully saturated rings. The van der Waals surface area contributed by atoms with Gasteiger partial charge in [0.2, 0.25) is 0 Å². The van der Waals surface area contributed by atoms with Crippen LogP contribution in [0.5, 0.6) is 11.5 Å². The van der Waals surface area contributed by atoms with Gasteiger partial charge in [-0.1, -0.05) is 6.92 Å². The molecule has 0 aliphatic heterocycles. The van der Waals surface area contributed by atoms with Gasteiger partial charge in [0, 0.05) is 17.9 Å². The summed E-state index contributed by atoms with van der Waals surface area (Å²) in [6.45, 7) is 3.06. The topological polar surface area (TPSA) is 30.5 Å². The van der Waals surface area contributed by atoms with Crippen molar-refractivity contribution in [1.82, 2.24) is 5.32 Å². The number of hydrogen-bond acceptors (Lipinski definition) is 4. The molecule has 0 radical (unpaired) electrons. The number of thioether (sulfide) groups is 1. The lowest BCUT2D eigenvalue weighted by Gasteiger charge is -2.18. The number of methoxy groups -OCH3 is 2. The summed E-state index contributed by atoms with van der Waals surface area (Å²) in [5.74, 6) is 2.70. The largest absolute Gasteiger partial charge is 0.497 e. The van der Waals surface area contributed by atoms with Gasteiger partial charge in [-0.2, -0.15) is 11.8 Å². The maximum Gasteiger partial charge on any atom is 0.122 e. The van der Waals surface area contributed by atoms with Crippen LogP contribution < -0.4 is 14.8 Å². The van der Waals surface area contributed by atoms with Crippen molar-refractivity contribution < 1.29 is 9.47 Å². The third kappa shape index (κ3) is 4.13. The number of hydrogen-bond donors (Lipinski definition) is 1. The molecule has 0 spiro atoms. The predicted molar refractivity (Wildman–Crippen MR) is 74.3 cm³/mol. The van der Waals surface area contributed by atoms with E-state index in [1.54, 1.807) is 14.2 Å². The van der Waals surface area contributed by atoms with Gasteiger partial charge in [0.05, 0.1) is 14.2 Å². The van der Waals surface area contributed by atoms with Gasteiger partial charge in [-0.25, -0.2) is 0 Å². The van der Waals surface area contributed by atoms with Gasteiger partial charge in [-0.15, -0.1) is 0 Å². The SMILES string of the molecule is CCNC(CSC)c1cc(OC)cc(OC)c1. The van der Waals surface area contributed by atoms with E-state index in [2.05, 4.69) is 30.6 Å². The molecule has 1 N–H and O–H groups in total. The molecule has 0 saturated heterocycles. The van der Waals surface area contributed by atoms with E-state index in [1.807, 2.05) is 17.8 Å². The quantitative estimate of drug-likeness (QED) is 0.811. The predicted octanol–water partition coefficient (Wildman–Crippen LogP) is 2.72. The van der Waals surface area contributed by atoms with Crippen LogP contribution in [0.15, 0.2) is 18.2 Å². The first-order valence-electron chi connectivity index (χ1n) is 5.70. The second kappa shape index (κ2) is 7.45. The minimum Gasteiger partial charge on any atom is -0.497 e. The summed E-state index contributed by atoms with van der Waals surface area (Å²) in [7, 11) is 3.35. The Morgan fingerprint density at radius 3 is 2.18 bits per heavy atom. The number of benzene rings is 1. The molecule has 1 aromatic rings. The molecule has 17 heavy (non-hydrogen) atoms. The molecule has 1 rings (SSSR count). The highest BCUT2D eigenvalue weighted by Crippen LogP contribution is 2.27. The van der Waals surface area contributed by atoms with Gasteiger partial charge >= 0.3 is 0 Å². The molecule has 0 aliphatic rings. The van der Waals surface area contributed by atoms with Crippen LogP contribution >= 0.6 is 11.8 Å². The van der Waals surface area contributed by atoms with E-state index in [0.717, 1.165) is 23.8 Å². The fourth-order valence-electron chi connectivity index (χ4n) is 1.72. The average Bonchev–Trinajstić information content (AvgIpc) is 2.37. The Labute approximate surface area is 108 Å². The Morgan fingerprint density at radius 1 is 1.18 bits per heavy atom. The third-order valence-electron chi connectivity index (χ3n) is 2.56. The van der Waals surface area contributed by atoms with Crippen molar-refractivity contribution in [1.29, 1.82) is 0 Å². The maximum absolute atomic E-state index is 5.29. The first kappa shape index (κ1) is 14.2. The summed E-state index contributed by atoms with van der Waals surface area (Å²) >= 11 is 1.83. The third-order valence-corrected chi connectivity index (χ3v) is 3.23. The van der Waals surface area contributed by atoms with Crippen LogP contribution in [0.2, 0.25) is 0 Å². The monoisotopic (exact) mass is 255 g/mol. The van der Waals surface area contributed by atoms with E-state index < -0.39 is 0 Å². The molecule has 1 aromatic carbocycles. The van der Waals surface area contributed by atoms with Crippen molar-refractivity contribution in [3.63, 3.8) is 0 Å². The zero-order valence-corrected chi connectivity index (χ0v) is 11.8. The summed E-state index contributed by atoms with van der Waals surface area (Å²) in [5.41, 5.74) is 1.21. The van der Waals surface area contributed by atoms with Crippen molar-refractivity contribution in [2.45, 2.75) is 13.0 Å². The highest BCUT2D eigenvalue weighted by molar-refractivity contribution is 7.98. The molecule has 0 aliphatic carbocycles. The van der Waals surface area contributed by atoms with Crippen molar-refractivity contribution in [3.8, 4) is 11.5 Å². The lowest BCUT2D eigenvalue weighted by molar-refractivity contribution is 0.392. The van der Waals surface area contributed by atoms with E-state index in [1.165, 1.54) is 5.56 Å². The van der Waals surface area contributed by atoms with E-state index in [-0.39, 0.29) is 0 Å². The summed E-state index contributed by atoms with van der Waals surface area (Å²) in [6, 6.07) is 6.35. The second-order valence-corrected chi connectivity index (χ2v) is 4.62. The van der Waals surface area contributed by atoms with Gasteiger partial charge in [0.1, 0.15) is 11.5 Å². The molecule has 96 valence electrons. The number of rotatable bonds is 7. The minimum atomic E-state index is 0.332. The Kier molecular flexibility index (Phi) is 6.22. The van der Waals surface area contributed by atoms with E-state index in [0.29, 0.717) is 6.04 Å². The normalized spacial score (nSPS) is 12.2. The fraction of sp³-hybridized carbons (Fsp3) is 0.538. The number of ether oxygens (including phenoxy) is 2. The van der Waals surface area contributed by atoms with Crippen LogP contribution in [0.1, 0.15) is 18.5 Å². The van der Waals surface area contributed by atoms with Crippen molar-refractivity contribution >= 4 is 11.8 Å². The zero-order valence-electron chi connectivity index (χ0n) is 10.9. The molecule has 0 amide bonds. The maximum atomic E-state index is 5.29. The van der Waals surface area contributed by atoms with Crippen LogP contribution in [0.25, 0.3) is 0 Å². The molecule has 1 atom stereocenters. The van der Waals surface area contributed by atoms with Crippen LogP contribution in [0, 0.1) is 0 Å². The second-order valence-electron chi connectivity index (χ2n) is 3.71. The first-order valence-corrected chi connectivity index (χ1v) is 7.09. The zero-order chi connectivity index (χ0) is 12.7. The molecule has 0 bridgehead atoms. The van der Waals surface area contributed by atoms with Crippen LogP contribution in [0.4, 0.5) is 0 Å². The summed E-state index contributed by atoms with van der Waals surface area (Å²) in [4.78, 5) is 0. The Balaban J connectivity index is 2.99.